The number of thiol groups is 2. The van der Waals surface area contributed by atoms with E-state index in [1.54, 1.807) is 0 Å². The molecule has 6 heteroatoms. The molecule has 0 aromatic heterocycles. The molecular formula is C17H34P2S4. The van der Waals surface area contributed by atoms with Crippen molar-refractivity contribution in [1.82, 2.24) is 0 Å². The van der Waals surface area contributed by atoms with Crippen LogP contribution in [0.5, 0.6) is 0 Å². The zero-order chi connectivity index (χ0) is 16.8. The van der Waals surface area contributed by atoms with Gasteiger partial charge in [-0.1, -0.05) is 87.8 Å². The number of hydrogen-bond acceptors (Lipinski definition) is 2. The van der Waals surface area contributed by atoms with Crippen LogP contribution in [-0.4, -0.2) is 18.2 Å². The lowest BCUT2D eigenvalue weighted by atomic mass is 9.88. The Hall–Kier alpha value is 2.00. The molecule has 0 N–H and O–H groups in total. The minimum Gasteiger partial charge on any atom is -0.141 e. The second-order valence-corrected chi connectivity index (χ2v) is 23.7. The highest BCUT2D eigenvalue weighted by Gasteiger charge is 2.25. The Morgan fingerprint density at radius 3 is 1.35 bits per heavy atom. The van der Waals surface area contributed by atoms with E-state index in [9.17, 15) is 0 Å². The summed E-state index contributed by atoms with van der Waals surface area (Å²) >= 11 is 21.7. The van der Waals surface area contributed by atoms with E-state index in [0.29, 0.717) is 0 Å². The zero-order valence-electron chi connectivity index (χ0n) is 14.4. The quantitative estimate of drug-likeness (QED) is 0.303. The molecule has 2 fully saturated rings. The molecule has 136 valence electrons. The predicted molar refractivity (Wildman–Crippen MR) is 124 cm³/mol. The maximum Gasteiger partial charge on any atom is 0.0228 e. The summed E-state index contributed by atoms with van der Waals surface area (Å²) in [5.41, 5.74) is 0. The van der Waals surface area contributed by atoms with E-state index in [-0.39, 0.29) is 0 Å². The SMILES string of the molecule is S=P(S)(CCC1CCCCC1)CP(=S)(S)CCC1CCCCC1. The Balaban J connectivity index is 1.72. The first-order valence-corrected chi connectivity index (χ1v) is 18.1. The first-order chi connectivity index (χ1) is 10.9. The van der Waals surface area contributed by atoms with Crippen LogP contribution in [0.3, 0.4) is 0 Å². The van der Waals surface area contributed by atoms with Gasteiger partial charge in [0.25, 0.3) is 0 Å². The smallest absolute Gasteiger partial charge is 0.0228 e. The molecule has 0 aromatic carbocycles. The molecule has 0 saturated heterocycles. The standard InChI is InChI=1S/C17H34P2S4/c20-18(21,13-11-16-7-3-1-4-8-16)15-19(22,23)14-12-17-9-5-2-6-10-17/h16-17H,1-15H2,(H,20,21)(H,22,23). The van der Waals surface area contributed by atoms with Gasteiger partial charge in [-0.25, -0.2) is 0 Å². The molecule has 2 atom stereocenters. The van der Waals surface area contributed by atoms with Crippen LogP contribution in [-0.2, 0) is 23.6 Å². The fourth-order valence-corrected chi connectivity index (χ4v) is 21.5. The van der Waals surface area contributed by atoms with Gasteiger partial charge in [0.05, 0.1) is 0 Å². The maximum absolute atomic E-state index is 5.92. The number of hydrogen-bond donors (Lipinski definition) is 2. The van der Waals surface area contributed by atoms with Gasteiger partial charge in [0.1, 0.15) is 0 Å². The van der Waals surface area contributed by atoms with E-state index in [1.807, 2.05) is 0 Å². The van der Waals surface area contributed by atoms with Gasteiger partial charge in [0.15, 0.2) is 0 Å². The lowest BCUT2D eigenvalue weighted by molar-refractivity contribution is 0.351. The van der Waals surface area contributed by atoms with E-state index < -0.39 is 10.5 Å². The van der Waals surface area contributed by atoms with Crippen LogP contribution in [0.1, 0.15) is 77.0 Å². The third-order valence-corrected chi connectivity index (χ3v) is 17.8. The average molecular weight is 429 g/mol. The lowest BCUT2D eigenvalue weighted by Gasteiger charge is -2.28. The van der Waals surface area contributed by atoms with E-state index in [4.69, 9.17) is 48.1 Å². The summed E-state index contributed by atoms with van der Waals surface area (Å²) in [6.07, 6.45) is 19.1. The van der Waals surface area contributed by atoms with Gasteiger partial charge >= 0.3 is 0 Å². The third-order valence-electron chi connectivity index (χ3n) is 5.66. The van der Waals surface area contributed by atoms with E-state index >= 15 is 0 Å². The molecule has 2 aliphatic carbocycles. The van der Waals surface area contributed by atoms with Crippen LogP contribution in [0.2, 0.25) is 0 Å². The topological polar surface area (TPSA) is 0 Å². The molecule has 0 heterocycles. The highest BCUT2D eigenvalue weighted by molar-refractivity contribution is 8.71. The first-order valence-electron chi connectivity index (χ1n) is 9.48. The van der Waals surface area contributed by atoms with Crippen LogP contribution in [0.25, 0.3) is 0 Å². The summed E-state index contributed by atoms with van der Waals surface area (Å²) < 4.78 is 0. The van der Waals surface area contributed by atoms with Crippen LogP contribution in [0.15, 0.2) is 0 Å². The highest BCUT2D eigenvalue weighted by atomic mass is 32.9. The minimum atomic E-state index is -1.55. The summed E-state index contributed by atoms with van der Waals surface area (Å²) in [6.45, 7) is 0. The molecular weight excluding hydrogens is 394 g/mol. The van der Waals surface area contributed by atoms with Gasteiger partial charge in [-0.2, -0.15) is 0 Å². The van der Waals surface area contributed by atoms with Crippen molar-refractivity contribution in [1.29, 1.82) is 0 Å². The largest absolute Gasteiger partial charge is 0.141 e. The van der Waals surface area contributed by atoms with Crippen molar-refractivity contribution >= 4 is 58.6 Å². The van der Waals surface area contributed by atoms with Crippen LogP contribution in [0.4, 0.5) is 0 Å². The fourth-order valence-electron chi connectivity index (χ4n) is 4.21. The molecule has 23 heavy (non-hydrogen) atoms. The summed E-state index contributed by atoms with van der Waals surface area (Å²) in [5, 5.41) is -3.11. The Morgan fingerprint density at radius 2 is 1.00 bits per heavy atom. The molecule has 0 bridgehead atoms. The van der Waals surface area contributed by atoms with E-state index in [2.05, 4.69) is 0 Å². The minimum absolute atomic E-state index is 0.915. The summed E-state index contributed by atoms with van der Waals surface area (Å²) in [5.74, 6) is 2.83. The molecule has 2 saturated carbocycles. The van der Waals surface area contributed by atoms with Gasteiger partial charge in [-0.05, 0) is 37.0 Å². The van der Waals surface area contributed by atoms with Crippen molar-refractivity contribution < 1.29 is 0 Å². The van der Waals surface area contributed by atoms with Crippen molar-refractivity contribution in [2.24, 2.45) is 11.8 Å². The molecule has 0 aliphatic heterocycles. The van der Waals surface area contributed by atoms with Crippen LogP contribution in [0, 0.1) is 11.8 Å². The molecule has 0 amide bonds. The van der Waals surface area contributed by atoms with Crippen molar-refractivity contribution in [3.05, 3.63) is 0 Å². The van der Waals surface area contributed by atoms with Crippen molar-refractivity contribution in [3.63, 3.8) is 0 Å². The fraction of sp³-hybridized carbons (Fsp3) is 1.00. The van der Waals surface area contributed by atoms with Gasteiger partial charge < -0.3 is 0 Å². The van der Waals surface area contributed by atoms with E-state index in [1.165, 1.54) is 77.0 Å². The molecule has 0 spiro atoms. The Kier molecular flexibility index (Phi) is 9.60. The van der Waals surface area contributed by atoms with Crippen molar-refractivity contribution in [2.75, 3.05) is 18.2 Å². The van der Waals surface area contributed by atoms with Crippen molar-refractivity contribution in [2.45, 2.75) is 77.0 Å². The second kappa shape index (κ2) is 10.4. The van der Waals surface area contributed by atoms with Gasteiger partial charge in [0.2, 0.25) is 0 Å². The van der Waals surface area contributed by atoms with Crippen LogP contribution >= 0.6 is 35.0 Å². The molecule has 2 rings (SSSR count). The Labute approximate surface area is 165 Å². The second-order valence-electron chi connectivity index (χ2n) is 7.87. The zero-order valence-corrected chi connectivity index (χ0v) is 19.6. The normalized spacial score (nSPS) is 26.5. The molecule has 0 aromatic rings. The summed E-state index contributed by atoms with van der Waals surface area (Å²) in [6, 6.07) is 0. The summed E-state index contributed by atoms with van der Waals surface area (Å²) in [4.78, 5) is 0. The van der Waals surface area contributed by atoms with Gasteiger partial charge in [-0.3, -0.25) is 0 Å². The monoisotopic (exact) mass is 428 g/mol. The van der Waals surface area contributed by atoms with Gasteiger partial charge in [0, 0.05) is 16.4 Å². The lowest BCUT2D eigenvalue weighted by Crippen LogP contribution is -2.09. The predicted octanol–water partition coefficient (Wildman–Crippen LogP) is 7.53. The molecule has 0 radical (unpaired) electrons. The molecule has 2 unspecified atom stereocenters. The Morgan fingerprint density at radius 1 is 0.652 bits per heavy atom. The number of rotatable bonds is 8. The highest BCUT2D eigenvalue weighted by Crippen LogP contribution is 2.67. The first kappa shape index (κ1) is 21.3. The molecule has 2 aliphatic rings. The van der Waals surface area contributed by atoms with Crippen molar-refractivity contribution in [3.8, 4) is 0 Å². The van der Waals surface area contributed by atoms with Gasteiger partial charge in [-0.15, -0.1) is 24.5 Å². The summed E-state index contributed by atoms with van der Waals surface area (Å²) in [7, 11) is 0. The van der Waals surface area contributed by atoms with E-state index in [0.717, 1.165) is 30.1 Å². The maximum atomic E-state index is 5.92. The average Bonchev–Trinajstić information content (AvgIpc) is 2.52. The van der Waals surface area contributed by atoms with Crippen LogP contribution < -0.4 is 0 Å². The third kappa shape index (κ3) is 8.96. The Bertz CT molecular complexity index is 400. The molecule has 0 nitrogen and oxygen atoms in total.